The van der Waals surface area contributed by atoms with Crippen molar-refractivity contribution in [3.63, 3.8) is 0 Å². The lowest BCUT2D eigenvalue weighted by Crippen LogP contribution is -2.18. The standard InChI is InChI=1S/C12H11FN6/c1-18(8-9-2-4-10(13)5-3-9)12-7-6-11-14-16-17-19(11)15-12/h2-7H,8H2,1H3. The first-order valence-corrected chi connectivity index (χ1v) is 5.73. The van der Waals surface area contributed by atoms with E-state index in [1.807, 2.05) is 18.0 Å². The fourth-order valence-corrected chi connectivity index (χ4v) is 1.79. The van der Waals surface area contributed by atoms with Crippen LogP contribution in [0.25, 0.3) is 5.65 Å². The average molecular weight is 258 g/mol. The van der Waals surface area contributed by atoms with Crippen LogP contribution in [0.5, 0.6) is 0 Å². The van der Waals surface area contributed by atoms with E-state index in [2.05, 4.69) is 20.6 Å². The lowest BCUT2D eigenvalue weighted by atomic mass is 10.2. The Bertz CT molecular complexity index is 693. The van der Waals surface area contributed by atoms with E-state index in [0.29, 0.717) is 12.2 Å². The molecule has 0 aliphatic rings. The van der Waals surface area contributed by atoms with Crippen molar-refractivity contribution in [2.45, 2.75) is 6.54 Å². The second-order valence-corrected chi connectivity index (χ2v) is 4.20. The van der Waals surface area contributed by atoms with Crippen LogP contribution in [-0.2, 0) is 6.54 Å². The third kappa shape index (κ3) is 2.35. The van der Waals surface area contributed by atoms with E-state index in [-0.39, 0.29) is 5.82 Å². The molecule has 0 radical (unpaired) electrons. The van der Waals surface area contributed by atoms with E-state index in [9.17, 15) is 4.39 Å². The first kappa shape index (κ1) is 11.5. The van der Waals surface area contributed by atoms with Crippen molar-refractivity contribution in [1.29, 1.82) is 0 Å². The molecule has 2 heterocycles. The van der Waals surface area contributed by atoms with Gasteiger partial charge in [0.25, 0.3) is 0 Å². The van der Waals surface area contributed by atoms with E-state index < -0.39 is 0 Å². The highest BCUT2D eigenvalue weighted by molar-refractivity contribution is 5.44. The van der Waals surface area contributed by atoms with Gasteiger partial charge in [0, 0.05) is 13.6 Å². The molecule has 7 heteroatoms. The van der Waals surface area contributed by atoms with E-state index in [1.54, 1.807) is 18.2 Å². The molecule has 0 aliphatic carbocycles. The van der Waals surface area contributed by atoms with Gasteiger partial charge in [-0.3, -0.25) is 0 Å². The Morgan fingerprint density at radius 1 is 1.16 bits per heavy atom. The van der Waals surface area contributed by atoms with Gasteiger partial charge in [-0.2, -0.15) is 0 Å². The number of tetrazole rings is 1. The van der Waals surface area contributed by atoms with Gasteiger partial charge in [0.2, 0.25) is 0 Å². The first-order valence-electron chi connectivity index (χ1n) is 5.73. The van der Waals surface area contributed by atoms with Crippen molar-refractivity contribution < 1.29 is 4.39 Å². The minimum Gasteiger partial charge on any atom is -0.354 e. The number of hydrogen-bond donors (Lipinski definition) is 0. The number of anilines is 1. The van der Waals surface area contributed by atoms with Crippen molar-refractivity contribution in [3.8, 4) is 0 Å². The summed E-state index contributed by atoms with van der Waals surface area (Å²) in [6, 6.07) is 10.0. The predicted octanol–water partition coefficient (Wildman–Crippen LogP) is 1.29. The molecule has 0 N–H and O–H groups in total. The highest BCUT2D eigenvalue weighted by atomic mass is 19.1. The Balaban J connectivity index is 1.82. The number of fused-ring (bicyclic) bond motifs is 1. The minimum atomic E-state index is -0.236. The van der Waals surface area contributed by atoms with Gasteiger partial charge in [-0.15, -0.1) is 14.8 Å². The average Bonchev–Trinajstić information content (AvgIpc) is 2.88. The first-order chi connectivity index (χ1) is 9.22. The summed E-state index contributed by atoms with van der Waals surface area (Å²) in [6.07, 6.45) is 0. The van der Waals surface area contributed by atoms with Crippen LogP contribution in [-0.4, -0.2) is 32.3 Å². The summed E-state index contributed by atoms with van der Waals surface area (Å²) in [7, 11) is 1.90. The summed E-state index contributed by atoms with van der Waals surface area (Å²) >= 11 is 0. The number of aromatic nitrogens is 5. The molecule has 96 valence electrons. The van der Waals surface area contributed by atoms with Crippen LogP contribution in [0.3, 0.4) is 0 Å². The van der Waals surface area contributed by atoms with Gasteiger partial charge in [0.15, 0.2) is 11.5 Å². The topological polar surface area (TPSA) is 59.2 Å². The number of nitrogens with zero attached hydrogens (tertiary/aromatic N) is 6. The molecule has 3 aromatic rings. The molecule has 3 rings (SSSR count). The molecule has 0 spiro atoms. The second-order valence-electron chi connectivity index (χ2n) is 4.20. The highest BCUT2D eigenvalue weighted by Gasteiger charge is 2.06. The van der Waals surface area contributed by atoms with Gasteiger partial charge in [-0.1, -0.05) is 12.1 Å². The molecule has 0 unspecified atom stereocenters. The quantitative estimate of drug-likeness (QED) is 0.708. The van der Waals surface area contributed by atoms with Crippen LogP contribution in [0.15, 0.2) is 36.4 Å². The van der Waals surface area contributed by atoms with E-state index in [1.165, 1.54) is 16.8 Å². The molecule has 0 fully saturated rings. The molecule has 0 atom stereocenters. The third-order valence-corrected chi connectivity index (χ3v) is 2.78. The fraction of sp³-hybridized carbons (Fsp3) is 0.167. The molecule has 0 amide bonds. The fourth-order valence-electron chi connectivity index (χ4n) is 1.79. The normalized spacial score (nSPS) is 10.8. The molecule has 0 saturated heterocycles. The Morgan fingerprint density at radius 2 is 1.95 bits per heavy atom. The Morgan fingerprint density at radius 3 is 2.74 bits per heavy atom. The Hall–Kier alpha value is -2.57. The lowest BCUT2D eigenvalue weighted by molar-refractivity contribution is 0.626. The minimum absolute atomic E-state index is 0.236. The smallest absolute Gasteiger partial charge is 0.200 e. The summed E-state index contributed by atoms with van der Waals surface area (Å²) in [5, 5.41) is 15.4. The molecular formula is C12H11FN6. The summed E-state index contributed by atoms with van der Waals surface area (Å²) in [4.78, 5) is 1.94. The molecule has 19 heavy (non-hydrogen) atoms. The van der Waals surface area contributed by atoms with Crippen LogP contribution in [0.4, 0.5) is 10.2 Å². The zero-order valence-corrected chi connectivity index (χ0v) is 10.2. The zero-order chi connectivity index (χ0) is 13.2. The van der Waals surface area contributed by atoms with Crippen LogP contribution >= 0.6 is 0 Å². The second kappa shape index (κ2) is 4.60. The van der Waals surface area contributed by atoms with Crippen molar-refractivity contribution in [2.75, 3.05) is 11.9 Å². The number of rotatable bonds is 3. The molecule has 0 saturated carbocycles. The third-order valence-electron chi connectivity index (χ3n) is 2.78. The van der Waals surface area contributed by atoms with Gasteiger partial charge in [0.1, 0.15) is 5.82 Å². The summed E-state index contributed by atoms with van der Waals surface area (Å²) in [5.41, 5.74) is 1.60. The van der Waals surface area contributed by atoms with Crippen LogP contribution in [0.1, 0.15) is 5.56 Å². The van der Waals surface area contributed by atoms with Crippen molar-refractivity contribution in [1.82, 2.24) is 25.3 Å². The number of benzene rings is 1. The summed E-state index contributed by atoms with van der Waals surface area (Å²) in [5.74, 6) is 0.503. The molecule has 2 aromatic heterocycles. The monoisotopic (exact) mass is 258 g/mol. The van der Waals surface area contributed by atoms with E-state index in [4.69, 9.17) is 0 Å². The van der Waals surface area contributed by atoms with Crippen LogP contribution in [0, 0.1) is 5.82 Å². The van der Waals surface area contributed by atoms with E-state index >= 15 is 0 Å². The van der Waals surface area contributed by atoms with Gasteiger partial charge >= 0.3 is 0 Å². The predicted molar refractivity (Wildman–Crippen MR) is 67.1 cm³/mol. The van der Waals surface area contributed by atoms with Crippen molar-refractivity contribution in [3.05, 3.63) is 47.8 Å². The maximum atomic E-state index is 12.8. The maximum absolute atomic E-state index is 12.8. The summed E-state index contributed by atoms with van der Waals surface area (Å²) in [6.45, 7) is 0.626. The molecule has 0 bridgehead atoms. The highest BCUT2D eigenvalue weighted by Crippen LogP contribution is 2.13. The van der Waals surface area contributed by atoms with Gasteiger partial charge in [-0.25, -0.2) is 4.39 Å². The summed E-state index contributed by atoms with van der Waals surface area (Å²) < 4.78 is 14.2. The zero-order valence-electron chi connectivity index (χ0n) is 10.2. The SMILES string of the molecule is CN(Cc1ccc(F)cc1)c1ccc2nnnn2n1. The van der Waals surface area contributed by atoms with Crippen LogP contribution in [0.2, 0.25) is 0 Å². The Kier molecular flexibility index (Phi) is 2.79. The molecule has 1 aromatic carbocycles. The number of hydrogen-bond acceptors (Lipinski definition) is 5. The Labute approximate surface area is 108 Å². The molecular weight excluding hydrogens is 247 g/mol. The van der Waals surface area contributed by atoms with Crippen molar-refractivity contribution in [2.24, 2.45) is 0 Å². The molecule has 6 nitrogen and oxygen atoms in total. The lowest BCUT2D eigenvalue weighted by Gasteiger charge is -2.17. The van der Waals surface area contributed by atoms with Crippen molar-refractivity contribution >= 4 is 11.5 Å². The van der Waals surface area contributed by atoms with Gasteiger partial charge in [-0.05, 0) is 40.3 Å². The van der Waals surface area contributed by atoms with E-state index in [0.717, 1.165) is 11.4 Å². The number of halogens is 1. The van der Waals surface area contributed by atoms with Gasteiger partial charge < -0.3 is 4.90 Å². The van der Waals surface area contributed by atoms with Gasteiger partial charge in [0.05, 0.1) is 0 Å². The van der Waals surface area contributed by atoms with Crippen LogP contribution < -0.4 is 4.90 Å². The molecule has 0 aliphatic heterocycles. The maximum Gasteiger partial charge on any atom is 0.200 e. The largest absolute Gasteiger partial charge is 0.354 e.